The van der Waals surface area contributed by atoms with Gasteiger partial charge in [-0.25, -0.2) is 0 Å². The third kappa shape index (κ3) is 3.86. The fraction of sp³-hybridized carbons (Fsp3) is 0.174. The van der Waals surface area contributed by atoms with E-state index in [1.165, 1.54) is 16.4 Å². The summed E-state index contributed by atoms with van der Waals surface area (Å²) < 4.78 is 0. The molecule has 3 heteroatoms. The Bertz CT molecular complexity index is 919. The minimum absolute atomic E-state index is 0.241. The van der Waals surface area contributed by atoms with Crippen LogP contribution in [-0.2, 0) is 0 Å². The number of phenols is 1. The molecular formula is C23H24NOP. The van der Waals surface area contributed by atoms with Crippen molar-refractivity contribution in [2.45, 2.75) is 19.5 Å². The highest BCUT2D eigenvalue weighted by Crippen LogP contribution is 2.39. The normalized spacial score (nSPS) is 13.3. The molecule has 0 spiro atoms. The second kappa shape index (κ2) is 8.29. The predicted octanol–water partition coefficient (Wildman–Crippen LogP) is 5.23. The Balaban J connectivity index is 2.02. The van der Waals surface area contributed by atoms with E-state index in [0.29, 0.717) is 14.3 Å². The Morgan fingerprint density at radius 2 is 1.62 bits per heavy atom. The number of benzene rings is 3. The molecule has 3 aromatic carbocycles. The van der Waals surface area contributed by atoms with Crippen molar-refractivity contribution in [1.82, 2.24) is 0 Å². The number of aromatic hydroxyl groups is 1. The first-order chi connectivity index (χ1) is 12.6. The second-order valence-corrected chi connectivity index (χ2v) is 8.02. The maximum absolute atomic E-state index is 10.2. The van der Waals surface area contributed by atoms with Gasteiger partial charge in [0.2, 0.25) is 0 Å². The summed E-state index contributed by atoms with van der Waals surface area (Å²) >= 11 is 0. The maximum atomic E-state index is 10.2. The Hall–Kier alpha value is -2.44. The monoisotopic (exact) mass is 361 g/mol. The topological polar surface area (TPSA) is 32.6 Å². The van der Waals surface area contributed by atoms with Crippen molar-refractivity contribution in [1.29, 1.82) is 0 Å². The highest BCUT2D eigenvalue weighted by Gasteiger charge is 2.17. The molecule has 3 rings (SSSR count). The molecule has 0 bridgehead atoms. The molecule has 0 saturated carbocycles. The van der Waals surface area contributed by atoms with Crippen molar-refractivity contribution >= 4 is 19.6 Å². The fourth-order valence-electron chi connectivity index (χ4n) is 3.21. The smallest absolute Gasteiger partial charge is 0.119 e. The first-order valence-corrected chi connectivity index (χ1v) is 9.86. The Kier molecular flexibility index (Phi) is 5.85. The highest BCUT2D eigenvalue weighted by molar-refractivity contribution is 7.48. The van der Waals surface area contributed by atoms with Crippen LogP contribution in [-0.4, -0.2) is 17.9 Å². The summed E-state index contributed by atoms with van der Waals surface area (Å²) in [6.07, 6.45) is 0. The Morgan fingerprint density at radius 3 is 2.31 bits per heavy atom. The molecule has 0 amide bonds. The van der Waals surface area contributed by atoms with Gasteiger partial charge in [0.25, 0.3) is 0 Å². The van der Waals surface area contributed by atoms with Gasteiger partial charge in [-0.15, -0.1) is 0 Å². The van der Waals surface area contributed by atoms with E-state index in [-0.39, 0.29) is 5.66 Å². The number of para-hydroxylation sites is 1. The predicted molar refractivity (Wildman–Crippen MR) is 114 cm³/mol. The maximum Gasteiger partial charge on any atom is 0.119 e. The number of rotatable bonds is 5. The van der Waals surface area contributed by atoms with Crippen molar-refractivity contribution in [2.75, 3.05) is 7.05 Å². The molecular weight excluding hydrogens is 337 g/mol. The summed E-state index contributed by atoms with van der Waals surface area (Å²) in [5, 5.41) is 11.5. The summed E-state index contributed by atoms with van der Waals surface area (Å²) in [5.41, 5.74) is 5.82. The van der Waals surface area contributed by atoms with Crippen LogP contribution in [0.25, 0.3) is 0 Å². The molecule has 2 unspecified atom stereocenters. The van der Waals surface area contributed by atoms with Crippen molar-refractivity contribution in [2.24, 2.45) is 4.99 Å². The standard InChI is InChI=1S/C23H24NOP/c1-16-10-9-14-20(22(24-3)18-11-5-4-6-12-18)23(16)26-17(2)19-13-7-8-15-21(19)25/h4-15,17,25-26H,1-3H3. The molecule has 26 heavy (non-hydrogen) atoms. The van der Waals surface area contributed by atoms with Crippen LogP contribution in [0.15, 0.2) is 77.8 Å². The van der Waals surface area contributed by atoms with Crippen molar-refractivity contribution < 1.29 is 5.11 Å². The van der Waals surface area contributed by atoms with Crippen LogP contribution in [0.2, 0.25) is 0 Å². The zero-order valence-corrected chi connectivity index (χ0v) is 16.4. The van der Waals surface area contributed by atoms with Gasteiger partial charge >= 0.3 is 0 Å². The molecule has 3 aromatic rings. The number of nitrogens with zero attached hydrogens (tertiary/aromatic N) is 1. The number of phenolic OH excluding ortho intramolecular Hbond substituents is 1. The molecule has 0 saturated heterocycles. The molecule has 0 aliphatic carbocycles. The minimum atomic E-state index is 0.241. The van der Waals surface area contributed by atoms with Crippen LogP contribution >= 0.6 is 8.58 Å². The molecule has 0 radical (unpaired) electrons. The fourth-order valence-corrected chi connectivity index (χ4v) is 4.71. The highest BCUT2D eigenvalue weighted by atomic mass is 31.1. The van der Waals surface area contributed by atoms with Crippen molar-refractivity contribution in [3.05, 3.63) is 95.1 Å². The molecule has 2 nitrogen and oxygen atoms in total. The summed E-state index contributed by atoms with van der Waals surface area (Å²) in [6.45, 7) is 4.33. The third-order valence-corrected chi connectivity index (χ3v) is 6.26. The average Bonchev–Trinajstić information content (AvgIpc) is 2.66. The minimum Gasteiger partial charge on any atom is -0.508 e. The molecule has 0 aromatic heterocycles. The van der Waals surface area contributed by atoms with Crippen LogP contribution in [0.4, 0.5) is 0 Å². The van der Waals surface area contributed by atoms with Gasteiger partial charge in [-0.1, -0.05) is 82.2 Å². The quantitative estimate of drug-likeness (QED) is 0.490. The third-order valence-electron chi connectivity index (χ3n) is 4.56. The van der Waals surface area contributed by atoms with E-state index in [9.17, 15) is 5.11 Å². The summed E-state index contributed by atoms with van der Waals surface area (Å²) in [4.78, 5) is 4.60. The van der Waals surface area contributed by atoms with Gasteiger partial charge in [0.05, 0.1) is 5.71 Å². The van der Waals surface area contributed by atoms with E-state index in [0.717, 1.165) is 16.8 Å². The van der Waals surface area contributed by atoms with Crippen LogP contribution in [0.3, 0.4) is 0 Å². The summed E-state index contributed by atoms with van der Waals surface area (Å²) in [7, 11) is 2.40. The van der Waals surface area contributed by atoms with Crippen molar-refractivity contribution in [3.63, 3.8) is 0 Å². The van der Waals surface area contributed by atoms with E-state index in [2.05, 4.69) is 49.2 Å². The van der Waals surface area contributed by atoms with Gasteiger partial charge in [-0.3, -0.25) is 4.99 Å². The number of aryl methyl sites for hydroxylation is 1. The molecule has 0 aliphatic heterocycles. The van der Waals surface area contributed by atoms with Crippen LogP contribution in [0, 0.1) is 6.92 Å². The van der Waals surface area contributed by atoms with Gasteiger partial charge in [0.15, 0.2) is 0 Å². The molecule has 0 aliphatic rings. The zero-order valence-electron chi connectivity index (χ0n) is 15.4. The lowest BCUT2D eigenvalue weighted by atomic mass is 10.0. The van der Waals surface area contributed by atoms with Gasteiger partial charge in [-0.05, 0) is 23.9 Å². The first kappa shape index (κ1) is 18.4. The first-order valence-electron chi connectivity index (χ1n) is 8.78. The zero-order chi connectivity index (χ0) is 18.5. The van der Waals surface area contributed by atoms with E-state index in [4.69, 9.17) is 0 Å². The van der Waals surface area contributed by atoms with E-state index >= 15 is 0 Å². The lowest BCUT2D eigenvalue weighted by Gasteiger charge is -2.19. The van der Waals surface area contributed by atoms with E-state index in [1.807, 2.05) is 43.4 Å². The Labute approximate surface area is 157 Å². The van der Waals surface area contributed by atoms with Crippen molar-refractivity contribution in [3.8, 4) is 5.75 Å². The van der Waals surface area contributed by atoms with Gasteiger partial charge in [-0.2, -0.15) is 0 Å². The number of aliphatic imine (C=N–C) groups is 1. The van der Waals surface area contributed by atoms with Gasteiger partial charge in [0, 0.05) is 29.4 Å². The lowest BCUT2D eigenvalue weighted by molar-refractivity contribution is 0.468. The van der Waals surface area contributed by atoms with E-state index in [1.54, 1.807) is 6.07 Å². The van der Waals surface area contributed by atoms with E-state index < -0.39 is 0 Å². The lowest BCUT2D eigenvalue weighted by Crippen LogP contribution is -2.17. The molecule has 132 valence electrons. The summed E-state index contributed by atoms with van der Waals surface area (Å²) in [6, 6.07) is 24.3. The molecule has 1 N–H and O–H groups in total. The van der Waals surface area contributed by atoms with Gasteiger partial charge < -0.3 is 5.11 Å². The van der Waals surface area contributed by atoms with Crippen LogP contribution < -0.4 is 5.30 Å². The number of hydrogen-bond donors (Lipinski definition) is 1. The van der Waals surface area contributed by atoms with Crippen LogP contribution in [0.1, 0.15) is 34.8 Å². The number of hydrogen-bond acceptors (Lipinski definition) is 2. The van der Waals surface area contributed by atoms with Crippen LogP contribution in [0.5, 0.6) is 5.75 Å². The second-order valence-electron chi connectivity index (χ2n) is 6.36. The molecule has 0 fully saturated rings. The van der Waals surface area contributed by atoms with Gasteiger partial charge in [0.1, 0.15) is 5.75 Å². The molecule has 0 heterocycles. The largest absolute Gasteiger partial charge is 0.508 e. The average molecular weight is 361 g/mol. The SMILES string of the molecule is CN=C(c1ccccc1)c1cccc(C)c1PC(C)c1ccccc1O. The Morgan fingerprint density at radius 1 is 0.923 bits per heavy atom. The molecule has 2 atom stereocenters. The summed E-state index contributed by atoms with van der Waals surface area (Å²) in [5.74, 6) is 0.370.